The maximum atomic E-state index is 12.8. The average molecular weight is 421 g/mol. The number of Topliss-reactive ketones (excluding diaryl/α,β-unsaturated/α-hetero) is 1. The van der Waals surface area contributed by atoms with Gasteiger partial charge >= 0.3 is 0 Å². The topological polar surface area (TPSA) is 58.5 Å². The zero-order valence-corrected chi connectivity index (χ0v) is 17.9. The Morgan fingerprint density at radius 2 is 1.44 bits per heavy atom. The molecule has 32 heavy (non-hydrogen) atoms. The van der Waals surface area contributed by atoms with Gasteiger partial charge in [-0.3, -0.25) is 9.59 Å². The molecule has 0 aliphatic carbocycles. The third kappa shape index (κ3) is 5.16. The van der Waals surface area contributed by atoms with Crippen LogP contribution in [0.4, 0.5) is 0 Å². The number of carbonyl (C=O) groups is 2. The molecule has 0 fully saturated rings. The Balaban J connectivity index is 1.53. The molecule has 0 bridgehead atoms. The van der Waals surface area contributed by atoms with E-state index in [0.717, 1.165) is 27.5 Å². The van der Waals surface area contributed by atoms with Crippen molar-refractivity contribution >= 4 is 28.2 Å². The van der Waals surface area contributed by atoms with Crippen LogP contribution in [0.25, 0.3) is 10.8 Å². The second kappa shape index (κ2) is 9.84. The van der Waals surface area contributed by atoms with Crippen LogP contribution in [0.1, 0.15) is 33.5 Å². The van der Waals surface area contributed by atoms with Crippen molar-refractivity contribution in [3.05, 3.63) is 119 Å². The van der Waals surface area contributed by atoms with E-state index in [9.17, 15) is 9.59 Å². The largest absolute Gasteiger partial charge is 0.294 e. The molecule has 158 valence electrons. The molecule has 0 unspecified atom stereocenters. The third-order valence-electron chi connectivity index (χ3n) is 5.36. The Hall–Kier alpha value is -4.05. The number of hydrogen-bond acceptors (Lipinski definition) is 3. The smallest absolute Gasteiger partial charge is 0.244 e. The number of rotatable bonds is 7. The molecule has 1 amide bonds. The zero-order chi connectivity index (χ0) is 22.3. The van der Waals surface area contributed by atoms with Crippen molar-refractivity contribution in [2.75, 3.05) is 0 Å². The number of ketones is 1. The molecule has 0 aliphatic heterocycles. The number of nitrogens with one attached hydrogen (secondary N) is 1. The molecule has 4 aromatic carbocycles. The molecule has 0 spiro atoms. The van der Waals surface area contributed by atoms with Crippen molar-refractivity contribution in [2.24, 2.45) is 5.10 Å². The Bertz CT molecular complexity index is 1270. The lowest BCUT2D eigenvalue weighted by atomic mass is 10.0. The lowest BCUT2D eigenvalue weighted by molar-refractivity contribution is -0.120. The highest BCUT2D eigenvalue weighted by Crippen LogP contribution is 2.19. The summed E-state index contributed by atoms with van der Waals surface area (Å²) in [7, 11) is 0. The monoisotopic (exact) mass is 420 g/mol. The van der Waals surface area contributed by atoms with Crippen LogP contribution in [0.15, 0.2) is 102 Å². The van der Waals surface area contributed by atoms with Gasteiger partial charge in [0.25, 0.3) is 0 Å². The molecular weight excluding hydrogens is 396 g/mol. The van der Waals surface area contributed by atoms with Crippen LogP contribution in [-0.4, -0.2) is 17.4 Å². The fraction of sp³-hybridized carbons (Fsp3) is 0.107. The first kappa shape index (κ1) is 21.2. The van der Waals surface area contributed by atoms with Gasteiger partial charge in [-0.15, -0.1) is 0 Å². The van der Waals surface area contributed by atoms with Gasteiger partial charge in [-0.05, 0) is 28.8 Å². The number of hydrazone groups is 1. The van der Waals surface area contributed by atoms with E-state index in [2.05, 4.69) is 10.5 Å². The van der Waals surface area contributed by atoms with E-state index in [1.165, 1.54) is 0 Å². The van der Waals surface area contributed by atoms with Crippen LogP contribution in [-0.2, 0) is 11.2 Å². The van der Waals surface area contributed by atoms with Crippen LogP contribution in [0.5, 0.6) is 0 Å². The molecule has 1 N–H and O–H groups in total. The van der Waals surface area contributed by atoms with E-state index in [1.807, 2.05) is 104 Å². The van der Waals surface area contributed by atoms with E-state index in [0.29, 0.717) is 11.3 Å². The quantitative estimate of drug-likeness (QED) is 0.244. The molecule has 0 atom stereocenters. The van der Waals surface area contributed by atoms with Crippen molar-refractivity contribution < 1.29 is 9.59 Å². The number of hydrogen-bond donors (Lipinski definition) is 1. The van der Waals surface area contributed by atoms with Gasteiger partial charge in [-0.1, -0.05) is 103 Å². The molecule has 0 saturated carbocycles. The summed E-state index contributed by atoms with van der Waals surface area (Å²) >= 11 is 0. The van der Waals surface area contributed by atoms with E-state index in [-0.39, 0.29) is 24.5 Å². The van der Waals surface area contributed by atoms with E-state index in [4.69, 9.17) is 0 Å². The number of benzene rings is 4. The zero-order valence-electron chi connectivity index (χ0n) is 17.9. The van der Waals surface area contributed by atoms with E-state index in [1.54, 1.807) is 0 Å². The van der Waals surface area contributed by atoms with Gasteiger partial charge in [0.1, 0.15) is 0 Å². The summed E-state index contributed by atoms with van der Waals surface area (Å²) in [6, 6.07) is 30.8. The number of fused-ring (bicyclic) bond motifs is 1. The number of amides is 1. The van der Waals surface area contributed by atoms with E-state index < -0.39 is 0 Å². The van der Waals surface area contributed by atoms with Crippen molar-refractivity contribution in [1.82, 2.24) is 5.43 Å². The maximum Gasteiger partial charge on any atom is 0.244 e. The number of aryl methyl sites for hydroxylation is 1. The van der Waals surface area contributed by atoms with Crippen molar-refractivity contribution in [3.8, 4) is 0 Å². The number of carbonyl (C=O) groups excluding carboxylic acids is 2. The first-order valence-electron chi connectivity index (χ1n) is 10.6. The predicted molar refractivity (Wildman–Crippen MR) is 129 cm³/mol. The lowest BCUT2D eigenvalue weighted by Gasteiger charge is -2.09. The Kier molecular flexibility index (Phi) is 6.52. The molecule has 0 saturated heterocycles. The lowest BCUT2D eigenvalue weighted by Crippen LogP contribution is -2.23. The van der Waals surface area contributed by atoms with Gasteiger partial charge < -0.3 is 0 Å². The van der Waals surface area contributed by atoms with Gasteiger partial charge in [0.15, 0.2) is 5.78 Å². The minimum atomic E-state index is -0.224. The second-order valence-electron chi connectivity index (χ2n) is 7.74. The first-order valence-corrected chi connectivity index (χ1v) is 10.6. The van der Waals surface area contributed by atoms with Crippen molar-refractivity contribution in [3.63, 3.8) is 0 Å². The Labute approximate surface area is 187 Å². The predicted octanol–water partition coefficient (Wildman–Crippen LogP) is 5.48. The van der Waals surface area contributed by atoms with Crippen molar-refractivity contribution in [1.29, 1.82) is 0 Å². The molecule has 0 heterocycles. The summed E-state index contributed by atoms with van der Waals surface area (Å²) in [5.41, 5.74) is 6.65. The molecule has 4 aromatic rings. The van der Waals surface area contributed by atoms with Gasteiger partial charge in [0.05, 0.1) is 18.6 Å². The maximum absolute atomic E-state index is 12.8. The molecule has 0 aliphatic rings. The standard InChI is InChI=1S/C28H24N2O2/c1-20-14-16-23(17-15-20)27(31)19-26(22-9-3-2-4-10-22)29-30-28(32)18-24-12-7-11-21-8-5-6-13-25(21)24/h2-17H,18-19H2,1H3,(H,30,32)/b29-26+. The normalized spacial score (nSPS) is 11.3. The first-order chi connectivity index (χ1) is 15.6. The fourth-order valence-corrected chi connectivity index (χ4v) is 3.62. The molecule has 4 rings (SSSR count). The van der Waals surface area contributed by atoms with Crippen molar-refractivity contribution in [2.45, 2.75) is 19.8 Å². The molecule has 0 radical (unpaired) electrons. The van der Waals surface area contributed by atoms with Gasteiger partial charge in [0, 0.05) is 5.56 Å². The number of nitrogens with zero attached hydrogens (tertiary/aromatic N) is 1. The van der Waals surface area contributed by atoms with Gasteiger partial charge in [-0.25, -0.2) is 5.43 Å². The van der Waals surface area contributed by atoms with Crippen LogP contribution in [0.3, 0.4) is 0 Å². The Morgan fingerprint density at radius 1 is 0.750 bits per heavy atom. The van der Waals surface area contributed by atoms with Gasteiger partial charge in [-0.2, -0.15) is 5.10 Å². The molecule has 4 heteroatoms. The molecular formula is C28H24N2O2. The van der Waals surface area contributed by atoms with E-state index >= 15 is 0 Å². The van der Waals surface area contributed by atoms with Gasteiger partial charge in [0.2, 0.25) is 5.91 Å². The molecule has 4 nitrogen and oxygen atoms in total. The minimum Gasteiger partial charge on any atom is -0.294 e. The summed E-state index contributed by atoms with van der Waals surface area (Å²) in [4.78, 5) is 25.5. The highest BCUT2D eigenvalue weighted by atomic mass is 16.2. The van der Waals surface area contributed by atoms with Crippen LogP contribution < -0.4 is 5.43 Å². The SMILES string of the molecule is Cc1ccc(C(=O)C/C(=N\NC(=O)Cc2cccc3ccccc23)c2ccccc2)cc1. The average Bonchev–Trinajstić information content (AvgIpc) is 2.83. The summed E-state index contributed by atoms with van der Waals surface area (Å²) in [6.45, 7) is 1.98. The third-order valence-corrected chi connectivity index (χ3v) is 5.36. The summed E-state index contributed by atoms with van der Waals surface area (Å²) < 4.78 is 0. The van der Waals surface area contributed by atoms with Crippen LogP contribution in [0, 0.1) is 6.92 Å². The van der Waals surface area contributed by atoms with Crippen LogP contribution >= 0.6 is 0 Å². The second-order valence-corrected chi connectivity index (χ2v) is 7.74. The summed E-state index contributed by atoms with van der Waals surface area (Å²) in [6.07, 6.45) is 0.306. The fourth-order valence-electron chi connectivity index (χ4n) is 3.62. The minimum absolute atomic E-state index is 0.0455. The highest BCUT2D eigenvalue weighted by Gasteiger charge is 2.13. The Morgan fingerprint density at radius 3 is 2.22 bits per heavy atom. The molecule has 0 aromatic heterocycles. The van der Waals surface area contributed by atoms with Crippen LogP contribution in [0.2, 0.25) is 0 Å². The summed E-state index contributed by atoms with van der Waals surface area (Å²) in [5.74, 6) is -0.270. The summed E-state index contributed by atoms with van der Waals surface area (Å²) in [5, 5.41) is 6.49. The highest BCUT2D eigenvalue weighted by molar-refractivity contribution is 6.16.